The van der Waals surface area contributed by atoms with E-state index in [9.17, 15) is 4.79 Å². The van der Waals surface area contributed by atoms with E-state index in [0.717, 1.165) is 39.3 Å². The van der Waals surface area contributed by atoms with E-state index >= 15 is 0 Å². The molecule has 4 aromatic carbocycles. The number of carbonyl (C=O) groups excluding carboxylic acids is 1. The highest BCUT2D eigenvalue weighted by Gasteiger charge is 2.15. The highest BCUT2D eigenvalue weighted by molar-refractivity contribution is 5.98. The molecule has 0 aliphatic carbocycles. The lowest BCUT2D eigenvalue weighted by Gasteiger charge is -2.12. The number of nitrogens with one attached hydrogen (secondary N) is 1. The van der Waals surface area contributed by atoms with Crippen LogP contribution in [0.2, 0.25) is 0 Å². The molecule has 0 unspecified atom stereocenters. The molecule has 0 saturated carbocycles. The van der Waals surface area contributed by atoms with E-state index in [1.165, 1.54) is 11.1 Å². The number of aryl methyl sites for hydroxylation is 2. The van der Waals surface area contributed by atoms with Gasteiger partial charge < -0.3 is 10.1 Å². The number of ether oxygens (including phenoxy) is 1. The Morgan fingerprint density at radius 1 is 0.722 bits per heavy atom. The Labute approximate surface area is 210 Å². The fourth-order valence-electron chi connectivity index (χ4n) is 4.05. The van der Waals surface area contributed by atoms with Crippen molar-refractivity contribution < 1.29 is 9.53 Å². The zero-order valence-corrected chi connectivity index (χ0v) is 20.6. The minimum absolute atomic E-state index is 0.158. The molecule has 5 aromatic rings. The number of fused-ring (bicyclic) bond motifs is 1. The number of hydrogen-bond acceptors (Lipinski definition) is 4. The van der Waals surface area contributed by atoms with E-state index in [-0.39, 0.29) is 5.91 Å². The Morgan fingerprint density at radius 3 is 1.83 bits per heavy atom. The van der Waals surface area contributed by atoms with E-state index in [2.05, 4.69) is 67.7 Å². The zero-order valence-electron chi connectivity index (χ0n) is 20.6. The van der Waals surface area contributed by atoms with Crippen molar-refractivity contribution in [1.29, 1.82) is 0 Å². The van der Waals surface area contributed by atoms with Crippen molar-refractivity contribution in [1.82, 2.24) is 15.3 Å². The average Bonchev–Trinajstić information content (AvgIpc) is 2.92. The van der Waals surface area contributed by atoms with Crippen LogP contribution in [0.4, 0.5) is 0 Å². The molecule has 0 atom stereocenters. The number of amides is 1. The van der Waals surface area contributed by atoms with Gasteiger partial charge in [-0.1, -0.05) is 71.8 Å². The Bertz CT molecular complexity index is 1520. The van der Waals surface area contributed by atoms with E-state index in [0.29, 0.717) is 17.6 Å². The van der Waals surface area contributed by atoms with Crippen LogP contribution in [0.3, 0.4) is 0 Å². The third-order valence-electron chi connectivity index (χ3n) is 6.19. The van der Waals surface area contributed by atoms with Crippen molar-refractivity contribution >= 4 is 16.9 Å². The monoisotopic (exact) mass is 473 g/mol. The van der Waals surface area contributed by atoms with Gasteiger partial charge in [-0.2, -0.15) is 0 Å². The molecule has 0 aliphatic rings. The van der Waals surface area contributed by atoms with Gasteiger partial charge in [-0.05, 0) is 49.7 Å². The highest BCUT2D eigenvalue weighted by atomic mass is 16.5. The molecule has 0 aliphatic heterocycles. The highest BCUT2D eigenvalue weighted by Crippen LogP contribution is 2.31. The van der Waals surface area contributed by atoms with E-state index < -0.39 is 0 Å². The molecule has 1 aromatic heterocycles. The van der Waals surface area contributed by atoms with Crippen molar-refractivity contribution in [3.05, 3.63) is 113 Å². The number of nitrogens with zero attached hydrogens (tertiary/aromatic N) is 2. The van der Waals surface area contributed by atoms with Crippen LogP contribution in [0.1, 0.15) is 27.0 Å². The smallest absolute Gasteiger partial charge is 0.251 e. The summed E-state index contributed by atoms with van der Waals surface area (Å²) < 4.78 is 5.19. The summed E-state index contributed by atoms with van der Waals surface area (Å²) in [4.78, 5) is 22.9. The van der Waals surface area contributed by atoms with Crippen LogP contribution >= 0.6 is 0 Å². The molecular formula is C31H27N3O2. The van der Waals surface area contributed by atoms with Crippen molar-refractivity contribution in [2.45, 2.75) is 20.4 Å². The second kappa shape index (κ2) is 10.0. The van der Waals surface area contributed by atoms with Crippen LogP contribution in [0.25, 0.3) is 33.5 Å². The first-order valence-corrected chi connectivity index (χ1v) is 11.9. The summed E-state index contributed by atoms with van der Waals surface area (Å²) in [6, 6.07) is 29.7. The Kier molecular flexibility index (Phi) is 6.46. The summed E-state index contributed by atoms with van der Waals surface area (Å²) in [6.45, 7) is 4.55. The van der Waals surface area contributed by atoms with Crippen LogP contribution in [0.15, 0.2) is 91.0 Å². The molecule has 1 heterocycles. The topological polar surface area (TPSA) is 64.1 Å². The molecular weight excluding hydrogens is 446 g/mol. The van der Waals surface area contributed by atoms with Gasteiger partial charge in [0.25, 0.3) is 5.91 Å². The van der Waals surface area contributed by atoms with Gasteiger partial charge in [0.05, 0.1) is 29.5 Å². The summed E-state index contributed by atoms with van der Waals surface area (Å²) in [5, 5.41) is 2.98. The van der Waals surface area contributed by atoms with Crippen LogP contribution in [0.5, 0.6) is 5.75 Å². The summed E-state index contributed by atoms with van der Waals surface area (Å²) in [5.41, 5.74) is 8.94. The summed E-state index contributed by atoms with van der Waals surface area (Å²) in [5.74, 6) is 0.626. The van der Waals surface area contributed by atoms with Crippen molar-refractivity contribution in [2.75, 3.05) is 7.11 Å². The van der Waals surface area contributed by atoms with Crippen molar-refractivity contribution in [3.63, 3.8) is 0 Å². The Balaban J connectivity index is 1.49. The number of benzene rings is 4. The maximum Gasteiger partial charge on any atom is 0.251 e. The number of aromatic nitrogens is 2. The van der Waals surface area contributed by atoms with E-state index in [1.807, 2.05) is 36.4 Å². The molecule has 1 amide bonds. The molecule has 5 heteroatoms. The van der Waals surface area contributed by atoms with Crippen LogP contribution in [-0.4, -0.2) is 23.0 Å². The maximum absolute atomic E-state index is 12.9. The van der Waals surface area contributed by atoms with Gasteiger partial charge >= 0.3 is 0 Å². The first kappa shape index (κ1) is 23.2. The second-order valence-corrected chi connectivity index (χ2v) is 8.89. The van der Waals surface area contributed by atoms with Crippen LogP contribution < -0.4 is 10.1 Å². The molecule has 0 fully saturated rings. The average molecular weight is 474 g/mol. The fourth-order valence-corrected chi connectivity index (χ4v) is 4.05. The summed E-state index contributed by atoms with van der Waals surface area (Å²) in [6.07, 6.45) is 0. The second-order valence-electron chi connectivity index (χ2n) is 8.89. The first-order valence-electron chi connectivity index (χ1n) is 11.9. The predicted octanol–water partition coefficient (Wildman–Crippen LogP) is 6.52. The molecule has 0 bridgehead atoms. The normalized spacial score (nSPS) is 10.9. The third-order valence-corrected chi connectivity index (χ3v) is 6.19. The lowest BCUT2D eigenvalue weighted by molar-refractivity contribution is 0.0951. The molecule has 36 heavy (non-hydrogen) atoms. The lowest BCUT2D eigenvalue weighted by Crippen LogP contribution is -2.22. The zero-order chi connectivity index (χ0) is 25.1. The van der Waals surface area contributed by atoms with Gasteiger partial charge in [-0.15, -0.1) is 0 Å². The van der Waals surface area contributed by atoms with Crippen LogP contribution in [0, 0.1) is 13.8 Å². The standard InChI is InChI=1S/C31H27N3O2/c1-20-4-10-23(11-5-20)29-30(24-12-6-21(2)7-13-24)34-28-18-25(14-17-27(28)33-29)31(35)32-19-22-8-15-26(36-3)16-9-22/h4-18H,19H2,1-3H3,(H,32,35). The van der Waals surface area contributed by atoms with Gasteiger partial charge in [-0.3, -0.25) is 4.79 Å². The van der Waals surface area contributed by atoms with Gasteiger partial charge in [0.1, 0.15) is 5.75 Å². The molecule has 5 nitrogen and oxygen atoms in total. The third kappa shape index (κ3) is 4.96. The van der Waals surface area contributed by atoms with Crippen LogP contribution in [-0.2, 0) is 6.54 Å². The molecule has 0 radical (unpaired) electrons. The van der Waals surface area contributed by atoms with Crippen molar-refractivity contribution in [2.24, 2.45) is 0 Å². The van der Waals surface area contributed by atoms with Gasteiger partial charge in [-0.25, -0.2) is 9.97 Å². The number of methoxy groups -OCH3 is 1. The largest absolute Gasteiger partial charge is 0.497 e. The molecule has 5 rings (SSSR count). The number of hydrogen-bond donors (Lipinski definition) is 1. The van der Waals surface area contributed by atoms with Crippen molar-refractivity contribution in [3.8, 4) is 28.3 Å². The van der Waals surface area contributed by atoms with Gasteiger partial charge in [0, 0.05) is 23.2 Å². The fraction of sp³-hybridized carbons (Fsp3) is 0.129. The number of rotatable bonds is 6. The predicted molar refractivity (Wildman–Crippen MR) is 144 cm³/mol. The minimum atomic E-state index is -0.158. The lowest BCUT2D eigenvalue weighted by atomic mass is 10.0. The molecule has 0 spiro atoms. The summed E-state index contributed by atoms with van der Waals surface area (Å²) >= 11 is 0. The SMILES string of the molecule is COc1ccc(CNC(=O)c2ccc3nc(-c4ccc(C)cc4)c(-c4ccc(C)cc4)nc3c2)cc1. The van der Waals surface area contributed by atoms with Gasteiger partial charge in [0.15, 0.2) is 0 Å². The molecule has 1 N–H and O–H groups in total. The molecule has 178 valence electrons. The quantitative estimate of drug-likeness (QED) is 0.305. The first-order chi connectivity index (χ1) is 17.5. The van der Waals surface area contributed by atoms with Gasteiger partial charge in [0.2, 0.25) is 0 Å². The van der Waals surface area contributed by atoms with E-state index in [1.54, 1.807) is 13.2 Å². The Hall–Kier alpha value is -4.51. The molecule has 0 saturated heterocycles. The maximum atomic E-state index is 12.9. The summed E-state index contributed by atoms with van der Waals surface area (Å²) in [7, 11) is 1.63. The number of carbonyl (C=O) groups is 1. The Morgan fingerprint density at radius 2 is 1.28 bits per heavy atom. The minimum Gasteiger partial charge on any atom is -0.497 e. The van der Waals surface area contributed by atoms with E-state index in [4.69, 9.17) is 14.7 Å².